The predicted molar refractivity (Wildman–Crippen MR) is 75.9 cm³/mol. The Kier molecular flexibility index (Phi) is 4.16. The van der Waals surface area contributed by atoms with Crippen LogP contribution in [0.1, 0.15) is 15.9 Å². The maximum absolute atomic E-state index is 12.1. The van der Waals surface area contributed by atoms with E-state index in [0.717, 1.165) is 10.0 Å². The number of hydrogen-bond donors (Lipinski definition) is 2. The predicted octanol–water partition coefficient (Wildman–Crippen LogP) is 1.55. The van der Waals surface area contributed by atoms with Gasteiger partial charge < -0.3 is 10.6 Å². The maximum atomic E-state index is 12.1. The first-order valence-electron chi connectivity index (χ1n) is 5.69. The van der Waals surface area contributed by atoms with Gasteiger partial charge in [0, 0.05) is 43.1 Å². The van der Waals surface area contributed by atoms with Gasteiger partial charge in [-0.25, -0.2) is 4.98 Å². The molecule has 0 aliphatic carbocycles. The molecule has 1 amide bonds. The molecule has 0 unspecified atom stereocenters. The van der Waals surface area contributed by atoms with Crippen LogP contribution in [0.5, 0.6) is 0 Å². The summed E-state index contributed by atoms with van der Waals surface area (Å²) >= 11 is 3.31. The first-order chi connectivity index (χ1) is 9.10. The lowest BCUT2D eigenvalue weighted by Crippen LogP contribution is -2.24. The number of amides is 1. The second kappa shape index (κ2) is 5.83. The largest absolute Gasteiger partial charge is 0.372 e. The van der Waals surface area contributed by atoms with Gasteiger partial charge >= 0.3 is 0 Å². The number of pyridine rings is 1. The van der Waals surface area contributed by atoms with Crippen LogP contribution in [0.4, 0.5) is 5.82 Å². The molecule has 0 spiro atoms. The van der Waals surface area contributed by atoms with Crippen molar-refractivity contribution in [1.82, 2.24) is 20.1 Å². The first-order valence-corrected chi connectivity index (χ1v) is 6.48. The second-order valence-electron chi connectivity index (χ2n) is 4.00. The third-order valence-electron chi connectivity index (χ3n) is 2.55. The average Bonchev–Trinajstić information content (AvgIpc) is 2.81. The molecule has 0 radical (unpaired) electrons. The lowest BCUT2D eigenvalue weighted by molar-refractivity contribution is 0.0951. The number of rotatable bonds is 4. The summed E-state index contributed by atoms with van der Waals surface area (Å²) in [5, 5.41) is 9.78. The molecular formula is C12H14BrN5O. The Balaban J connectivity index is 2.09. The lowest BCUT2D eigenvalue weighted by atomic mass is 10.2. The molecule has 19 heavy (non-hydrogen) atoms. The normalized spacial score (nSPS) is 10.3. The van der Waals surface area contributed by atoms with Crippen LogP contribution >= 0.6 is 15.9 Å². The number of aromatic nitrogens is 3. The van der Waals surface area contributed by atoms with Crippen LogP contribution in [0.3, 0.4) is 0 Å². The van der Waals surface area contributed by atoms with E-state index in [9.17, 15) is 4.79 Å². The van der Waals surface area contributed by atoms with Crippen LogP contribution in [0.15, 0.2) is 29.1 Å². The summed E-state index contributed by atoms with van der Waals surface area (Å²) in [6, 6.07) is 1.73. The number of anilines is 1. The summed E-state index contributed by atoms with van der Waals surface area (Å²) in [4.78, 5) is 16.3. The van der Waals surface area contributed by atoms with Gasteiger partial charge in [0.05, 0.1) is 11.8 Å². The highest BCUT2D eigenvalue weighted by molar-refractivity contribution is 9.10. The Bertz CT molecular complexity index is 596. The van der Waals surface area contributed by atoms with Crippen LogP contribution in [0.25, 0.3) is 0 Å². The summed E-state index contributed by atoms with van der Waals surface area (Å²) in [7, 11) is 3.57. The molecule has 2 aromatic heterocycles. The summed E-state index contributed by atoms with van der Waals surface area (Å²) in [5.41, 5.74) is 1.45. The molecule has 0 saturated heterocycles. The molecule has 7 heteroatoms. The van der Waals surface area contributed by atoms with Gasteiger partial charge in [-0.3, -0.25) is 9.48 Å². The minimum absolute atomic E-state index is 0.179. The number of aryl methyl sites for hydroxylation is 1. The van der Waals surface area contributed by atoms with E-state index in [0.29, 0.717) is 17.9 Å². The van der Waals surface area contributed by atoms with Crippen molar-refractivity contribution in [3.63, 3.8) is 0 Å². The Morgan fingerprint density at radius 1 is 1.47 bits per heavy atom. The van der Waals surface area contributed by atoms with Gasteiger partial charge in [-0.15, -0.1) is 0 Å². The topological polar surface area (TPSA) is 71.8 Å². The summed E-state index contributed by atoms with van der Waals surface area (Å²) in [5.74, 6) is 0.369. The van der Waals surface area contributed by atoms with E-state index < -0.39 is 0 Å². The Morgan fingerprint density at radius 3 is 2.89 bits per heavy atom. The van der Waals surface area contributed by atoms with Gasteiger partial charge in [0.2, 0.25) is 0 Å². The van der Waals surface area contributed by atoms with E-state index in [2.05, 4.69) is 36.6 Å². The Labute approximate surface area is 119 Å². The van der Waals surface area contributed by atoms with Crippen molar-refractivity contribution in [2.24, 2.45) is 7.05 Å². The summed E-state index contributed by atoms with van der Waals surface area (Å²) in [6.07, 6.45) is 5.22. The van der Waals surface area contributed by atoms with Gasteiger partial charge in [0.25, 0.3) is 5.91 Å². The molecule has 0 aromatic carbocycles. The fourth-order valence-corrected chi connectivity index (χ4v) is 1.98. The number of halogens is 1. The van der Waals surface area contributed by atoms with Gasteiger partial charge in [0.1, 0.15) is 5.82 Å². The maximum Gasteiger partial charge on any atom is 0.255 e. The average molecular weight is 324 g/mol. The third kappa shape index (κ3) is 3.31. The van der Waals surface area contributed by atoms with Crippen molar-refractivity contribution in [3.8, 4) is 0 Å². The number of nitrogens with one attached hydrogen (secondary N) is 2. The minimum Gasteiger partial charge on any atom is -0.372 e. The zero-order valence-electron chi connectivity index (χ0n) is 10.6. The van der Waals surface area contributed by atoms with E-state index in [-0.39, 0.29) is 5.91 Å². The molecule has 2 heterocycles. The van der Waals surface area contributed by atoms with Crippen molar-refractivity contribution in [2.75, 3.05) is 12.4 Å². The van der Waals surface area contributed by atoms with E-state index in [1.54, 1.807) is 30.2 Å². The SMILES string of the molecule is CNc1ncc(Br)cc1C(=O)NCc1cnn(C)c1. The molecule has 2 aromatic rings. The van der Waals surface area contributed by atoms with Crippen LogP contribution in [-0.2, 0) is 13.6 Å². The van der Waals surface area contributed by atoms with Crippen molar-refractivity contribution < 1.29 is 4.79 Å². The monoisotopic (exact) mass is 323 g/mol. The molecule has 0 saturated carbocycles. The van der Waals surface area contributed by atoms with E-state index >= 15 is 0 Å². The molecule has 0 aliphatic rings. The van der Waals surface area contributed by atoms with Crippen molar-refractivity contribution in [3.05, 3.63) is 40.3 Å². The van der Waals surface area contributed by atoms with Gasteiger partial charge in [-0.05, 0) is 22.0 Å². The van der Waals surface area contributed by atoms with Crippen LogP contribution in [-0.4, -0.2) is 27.7 Å². The fourth-order valence-electron chi connectivity index (χ4n) is 1.65. The summed E-state index contributed by atoms with van der Waals surface area (Å²) < 4.78 is 2.46. The Morgan fingerprint density at radius 2 is 2.26 bits per heavy atom. The summed E-state index contributed by atoms with van der Waals surface area (Å²) in [6.45, 7) is 0.433. The smallest absolute Gasteiger partial charge is 0.255 e. The highest BCUT2D eigenvalue weighted by Gasteiger charge is 2.12. The molecule has 100 valence electrons. The van der Waals surface area contributed by atoms with Gasteiger partial charge in [0.15, 0.2) is 0 Å². The Hall–Kier alpha value is -1.89. The zero-order valence-corrected chi connectivity index (χ0v) is 12.2. The van der Waals surface area contributed by atoms with Crippen LogP contribution in [0, 0.1) is 0 Å². The van der Waals surface area contributed by atoms with Crippen molar-refractivity contribution >= 4 is 27.7 Å². The fraction of sp³-hybridized carbons (Fsp3) is 0.250. The molecular weight excluding hydrogens is 310 g/mol. The van der Waals surface area contributed by atoms with E-state index in [1.165, 1.54) is 0 Å². The molecule has 0 atom stereocenters. The van der Waals surface area contributed by atoms with Crippen LogP contribution in [0.2, 0.25) is 0 Å². The van der Waals surface area contributed by atoms with E-state index in [4.69, 9.17) is 0 Å². The minimum atomic E-state index is -0.179. The second-order valence-corrected chi connectivity index (χ2v) is 4.92. The number of carbonyl (C=O) groups excluding carboxylic acids is 1. The molecule has 2 N–H and O–H groups in total. The van der Waals surface area contributed by atoms with Crippen molar-refractivity contribution in [1.29, 1.82) is 0 Å². The quantitative estimate of drug-likeness (QED) is 0.895. The molecule has 0 aliphatic heterocycles. The zero-order chi connectivity index (χ0) is 13.8. The molecule has 2 rings (SSSR count). The van der Waals surface area contributed by atoms with Gasteiger partial charge in [-0.2, -0.15) is 5.10 Å². The number of hydrogen-bond acceptors (Lipinski definition) is 4. The van der Waals surface area contributed by atoms with Crippen LogP contribution < -0.4 is 10.6 Å². The number of nitrogens with zero attached hydrogens (tertiary/aromatic N) is 3. The number of carbonyl (C=O) groups is 1. The highest BCUT2D eigenvalue weighted by Crippen LogP contribution is 2.17. The lowest BCUT2D eigenvalue weighted by Gasteiger charge is -2.08. The molecule has 6 nitrogen and oxygen atoms in total. The highest BCUT2D eigenvalue weighted by atomic mass is 79.9. The first kappa shape index (κ1) is 13.5. The third-order valence-corrected chi connectivity index (χ3v) is 2.98. The van der Waals surface area contributed by atoms with Crippen molar-refractivity contribution in [2.45, 2.75) is 6.54 Å². The van der Waals surface area contributed by atoms with Gasteiger partial charge in [-0.1, -0.05) is 0 Å². The molecule has 0 bridgehead atoms. The van der Waals surface area contributed by atoms with E-state index in [1.807, 2.05) is 13.2 Å². The standard InChI is InChI=1S/C12H14BrN5O/c1-14-11-10(3-9(13)6-15-11)12(19)16-4-8-5-17-18(2)7-8/h3,5-7H,4H2,1-2H3,(H,14,15)(H,16,19). The molecule has 0 fully saturated rings.